The van der Waals surface area contributed by atoms with Gasteiger partial charge in [0.15, 0.2) is 11.6 Å². The second-order valence-corrected chi connectivity index (χ2v) is 10.3. The highest BCUT2D eigenvalue weighted by molar-refractivity contribution is 6.32. The molecule has 5 rings (SSSR count). The normalized spacial score (nSPS) is 13.4. The predicted octanol–water partition coefficient (Wildman–Crippen LogP) is 6.54. The SMILES string of the molecule is CCCOc1ccccc1C(=O)N(CCn1nc(-c2ccncc2)nc1-c1ccc(OC)c(Cl)c1)C1CCCC1. The standard InChI is InChI=1S/C31H34ClN5O3/c1-3-20-40-27-11-7-6-10-25(27)31(38)36(24-8-4-5-9-24)18-19-37-30(23-12-13-28(39-2)26(32)21-23)34-29(35-37)22-14-16-33-17-15-22/h6-7,10-17,21,24H,3-5,8-9,18-20H2,1-2H3. The molecule has 1 aliphatic carbocycles. The van der Waals surface area contributed by atoms with Crippen molar-refractivity contribution in [2.75, 3.05) is 20.3 Å². The molecule has 0 unspecified atom stereocenters. The molecule has 0 bridgehead atoms. The molecule has 0 atom stereocenters. The number of pyridine rings is 1. The quantitative estimate of drug-likeness (QED) is 0.207. The highest BCUT2D eigenvalue weighted by Gasteiger charge is 2.29. The van der Waals surface area contributed by atoms with Crippen LogP contribution < -0.4 is 9.47 Å². The Kier molecular flexibility index (Phi) is 8.96. The van der Waals surface area contributed by atoms with E-state index < -0.39 is 0 Å². The van der Waals surface area contributed by atoms with E-state index in [2.05, 4.69) is 11.9 Å². The molecule has 2 aromatic carbocycles. The molecule has 4 aromatic rings. The average molecular weight is 560 g/mol. The third kappa shape index (κ3) is 6.12. The maximum atomic E-state index is 14.0. The number of amides is 1. The molecule has 8 nitrogen and oxygen atoms in total. The maximum Gasteiger partial charge on any atom is 0.257 e. The number of benzene rings is 2. The Morgan fingerprint density at radius 3 is 2.55 bits per heavy atom. The number of hydrogen-bond acceptors (Lipinski definition) is 6. The number of carbonyl (C=O) groups is 1. The minimum absolute atomic E-state index is 0.0119. The molecule has 1 saturated carbocycles. The van der Waals surface area contributed by atoms with Crippen LogP contribution in [0.2, 0.25) is 5.02 Å². The van der Waals surface area contributed by atoms with Crippen molar-refractivity contribution in [3.63, 3.8) is 0 Å². The van der Waals surface area contributed by atoms with Gasteiger partial charge in [0.05, 0.1) is 30.8 Å². The van der Waals surface area contributed by atoms with Crippen LogP contribution in [0.15, 0.2) is 67.0 Å². The fraction of sp³-hybridized carbons (Fsp3) is 0.355. The van der Waals surface area contributed by atoms with Gasteiger partial charge in [-0.25, -0.2) is 9.67 Å². The predicted molar refractivity (Wildman–Crippen MR) is 156 cm³/mol. The van der Waals surface area contributed by atoms with Gasteiger partial charge >= 0.3 is 0 Å². The van der Waals surface area contributed by atoms with Crippen LogP contribution in [-0.4, -0.2) is 56.9 Å². The molecule has 0 N–H and O–H groups in total. The molecule has 9 heteroatoms. The first-order valence-corrected chi connectivity index (χ1v) is 14.2. The van der Waals surface area contributed by atoms with E-state index in [1.807, 2.05) is 64.2 Å². The summed E-state index contributed by atoms with van der Waals surface area (Å²) in [6.07, 6.45) is 8.53. The van der Waals surface area contributed by atoms with Gasteiger partial charge in [-0.3, -0.25) is 9.78 Å². The molecule has 0 spiro atoms. The van der Waals surface area contributed by atoms with Crippen molar-refractivity contribution in [3.05, 3.63) is 77.6 Å². The van der Waals surface area contributed by atoms with Crippen molar-refractivity contribution in [2.24, 2.45) is 0 Å². The van der Waals surface area contributed by atoms with Crippen molar-refractivity contribution in [1.29, 1.82) is 0 Å². The lowest BCUT2D eigenvalue weighted by Crippen LogP contribution is -2.41. The zero-order chi connectivity index (χ0) is 27.9. The zero-order valence-electron chi connectivity index (χ0n) is 22.9. The molecule has 2 aromatic heterocycles. The van der Waals surface area contributed by atoms with E-state index in [0.29, 0.717) is 53.4 Å². The van der Waals surface area contributed by atoms with Crippen molar-refractivity contribution in [1.82, 2.24) is 24.6 Å². The first-order valence-electron chi connectivity index (χ1n) is 13.8. The summed E-state index contributed by atoms with van der Waals surface area (Å²) < 4.78 is 13.1. The smallest absolute Gasteiger partial charge is 0.257 e. The summed E-state index contributed by atoms with van der Waals surface area (Å²) in [4.78, 5) is 25.0. The lowest BCUT2D eigenvalue weighted by Gasteiger charge is -2.30. The van der Waals surface area contributed by atoms with Gasteiger partial charge in [0.25, 0.3) is 5.91 Å². The Morgan fingerprint density at radius 2 is 1.82 bits per heavy atom. The van der Waals surface area contributed by atoms with Gasteiger partial charge in [-0.05, 0) is 61.7 Å². The largest absolute Gasteiger partial charge is 0.495 e. The van der Waals surface area contributed by atoms with Gasteiger partial charge in [0, 0.05) is 36.1 Å². The molecule has 0 saturated heterocycles. The number of methoxy groups -OCH3 is 1. The minimum atomic E-state index is -0.0119. The second-order valence-electron chi connectivity index (χ2n) is 9.85. The molecular weight excluding hydrogens is 526 g/mol. The van der Waals surface area contributed by atoms with Crippen LogP contribution >= 0.6 is 11.6 Å². The Morgan fingerprint density at radius 1 is 1.05 bits per heavy atom. The number of halogens is 1. The zero-order valence-corrected chi connectivity index (χ0v) is 23.7. The molecule has 40 heavy (non-hydrogen) atoms. The van der Waals surface area contributed by atoms with Crippen molar-refractivity contribution >= 4 is 17.5 Å². The van der Waals surface area contributed by atoms with Crippen LogP contribution in [0.1, 0.15) is 49.4 Å². The number of rotatable bonds is 11. The summed E-state index contributed by atoms with van der Waals surface area (Å²) in [5.41, 5.74) is 2.28. The van der Waals surface area contributed by atoms with E-state index in [9.17, 15) is 4.79 Å². The second kappa shape index (κ2) is 13.0. The first-order chi connectivity index (χ1) is 19.6. The lowest BCUT2D eigenvalue weighted by molar-refractivity contribution is 0.0667. The highest BCUT2D eigenvalue weighted by atomic mass is 35.5. The number of carbonyl (C=O) groups excluding carboxylic acids is 1. The van der Waals surface area contributed by atoms with Crippen molar-refractivity contribution in [2.45, 2.75) is 51.6 Å². The summed E-state index contributed by atoms with van der Waals surface area (Å²) >= 11 is 6.47. The number of aromatic nitrogens is 4. The molecular formula is C31H34ClN5O3. The van der Waals surface area contributed by atoms with Crippen molar-refractivity contribution in [3.8, 4) is 34.3 Å². The summed E-state index contributed by atoms with van der Waals surface area (Å²) in [6, 6.07) is 17.0. The van der Waals surface area contributed by atoms with Crippen molar-refractivity contribution < 1.29 is 14.3 Å². The van der Waals surface area contributed by atoms with Crippen LogP contribution in [0, 0.1) is 0 Å². The topological polar surface area (TPSA) is 82.4 Å². The summed E-state index contributed by atoms with van der Waals surface area (Å²) in [5.74, 6) is 2.46. The van der Waals surface area contributed by atoms with E-state index in [1.54, 1.807) is 19.5 Å². The van der Waals surface area contributed by atoms with Crippen LogP contribution in [0.25, 0.3) is 22.8 Å². The molecule has 2 heterocycles. The maximum absolute atomic E-state index is 14.0. The average Bonchev–Trinajstić information content (AvgIpc) is 3.68. The molecule has 208 valence electrons. The fourth-order valence-electron chi connectivity index (χ4n) is 5.14. The van der Waals surface area contributed by atoms with Gasteiger partial charge in [-0.2, -0.15) is 5.10 Å². The van der Waals surface area contributed by atoms with E-state index in [0.717, 1.165) is 43.2 Å². The summed E-state index contributed by atoms with van der Waals surface area (Å²) in [6.45, 7) is 3.58. The number of ether oxygens (including phenoxy) is 2. The Bertz CT molecular complexity index is 1440. The van der Waals surface area contributed by atoms with Gasteiger partial charge < -0.3 is 14.4 Å². The van der Waals surface area contributed by atoms with E-state index in [1.165, 1.54) is 0 Å². The van der Waals surface area contributed by atoms with Gasteiger partial charge in [-0.1, -0.05) is 43.5 Å². The summed E-state index contributed by atoms with van der Waals surface area (Å²) in [7, 11) is 1.59. The fourth-order valence-corrected chi connectivity index (χ4v) is 5.40. The molecule has 0 radical (unpaired) electrons. The first kappa shape index (κ1) is 27.6. The van der Waals surface area contributed by atoms with E-state index in [-0.39, 0.29) is 11.9 Å². The molecule has 0 aliphatic heterocycles. The van der Waals surface area contributed by atoms with Gasteiger partial charge in [-0.15, -0.1) is 0 Å². The van der Waals surface area contributed by atoms with Crippen LogP contribution in [0.3, 0.4) is 0 Å². The minimum Gasteiger partial charge on any atom is -0.495 e. The molecule has 1 fully saturated rings. The van der Waals surface area contributed by atoms with Crippen LogP contribution in [0.5, 0.6) is 11.5 Å². The van der Waals surface area contributed by atoms with E-state index >= 15 is 0 Å². The number of para-hydroxylation sites is 1. The number of hydrogen-bond donors (Lipinski definition) is 0. The van der Waals surface area contributed by atoms with Crippen LogP contribution in [-0.2, 0) is 6.54 Å². The van der Waals surface area contributed by atoms with Gasteiger partial charge in [0.2, 0.25) is 0 Å². The number of nitrogens with zero attached hydrogens (tertiary/aromatic N) is 5. The molecule has 1 aliphatic rings. The highest BCUT2D eigenvalue weighted by Crippen LogP contribution is 2.32. The Labute approximate surface area is 239 Å². The molecule has 1 amide bonds. The Hall–Kier alpha value is -3.91. The van der Waals surface area contributed by atoms with Crippen LogP contribution in [0.4, 0.5) is 0 Å². The summed E-state index contributed by atoms with van der Waals surface area (Å²) in [5, 5.41) is 5.35. The van der Waals surface area contributed by atoms with Gasteiger partial charge in [0.1, 0.15) is 11.5 Å². The third-order valence-corrected chi connectivity index (χ3v) is 7.47. The third-order valence-electron chi connectivity index (χ3n) is 7.18. The lowest BCUT2D eigenvalue weighted by atomic mass is 10.1. The Balaban J connectivity index is 1.47. The monoisotopic (exact) mass is 559 g/mol. The van der Waals surface area contributed by atoms with E-state index in [4.69, 9.17) is 31.2 Å².